The number of carbonyl (C=O) groups is 1. The minimum absolute atomic E-state index is 0.0271. The number of hydrogen-bond donors (Lipinski definition) is 1. The maximum absolute atomic E-state index is 12.7. The second-order valence-corrected chi connectivity index (χ2v) is 9.56. The second-order valence-electron chi connectivity index (χ2n) is 7.04. The zero-order valence-corrected chi connectivity index (χ0v) is 18.8. The van der Waals surface area contributed by atoms with Crippen molar-refractivity contribution in [3.8, 4) is 0 Å². The van der Waals surface area contributed by atoms with E-state index < -0.39 is 0 Å². The molecular weight excluding hydrogens is 460 g/mol. The molecule has 1 aliphatic heterocycles. The molecule has 0 unspecified atom stereocenters. The smallest absolute Gasteiger partial charge is 0.227 e. The monoisotopic (exact) mass is 478 g/mol. The Bertz CT molecular complexity index is 1050. The summed E-state index contributed by atoms with van der Waals surface area (Å²) in [5, 5.41) is 4.65. The quantitative estimate of drug-likeness (QED) is 0.533. The van der Waals surface area contributed by atoms with E-state index in [9.17, 15) is 4.79 Å². The molecule has 0 bridgehead atoms. The highest BCUT2D eigenvalue weighted by Gasteiger charge is 2.27. The van der Waals surface area contributed by atoms with Crippen LogP contribution in [0.25, 0.3) is 10.2 Å². The van der Waals surface area contributed by atoms with Gasteiger partial charge in [-0.25, -0.2) is 9.97 Å². The Balaban J connectivity index is 1.46. The Morgan fingerprint density at radius 1 is 1.29 bits per heavy atom. The predicted molar refractivity (Wildman–Crippen MR) is 120 cm³/mol. The van der Waals surface area contributed by atoms with Crippen molar-refractivity contribution in [2.45, 2.75) is 26.7 Å². The fourth-order valence-corrected chi connectivity index (χ4v) is 5.29. The number of piperidine rings is 1. The summed E-state index contributed by atoms with van der Waals surface area (Å²) in [5.41, 5.74) is 1.90. The minimum atomic E-state index is -0.0291. The molecule has 2 aromatic heterocycles. The lowest BCUT2D eigenvalue weighted by molar-refractivity contribution is -0.120. The lowest BCUT2D eigenvalue weighted by Crippen LogP contribution is -2.38. The van der Waals surface area contributed by atoms with E-state index in [2.05, 4.69) is 50.0 Å². The number of hydrogen-bond acceptors (Lipinski definition) is 5. The van der Waals surface area contributed by atoms with Crippen LogP contribution >= 0.6 is 38.9 Å². The van der Waals surface area contributed by atoms with E-state index in [1.807, 2.05) is 12.1 Å². The first-order chi connectivity index (χ1) is 13.4. The first-order valence-corrected chi connectivity index (χ1v) is 11.1. The summed E-state index contributed by atoms with van der Waals surface area (Å²) < 4.78 is 0.888. The number of aryl methyl sites for hydroxylation is 2. The van der Waals surface area contributed by atoms with Gasteiger partial charge in [0.05, 0.1) is 16.1 Å². The van der Waals surface area contributed by atoms with Crippen molar-refractivity contribution in [1.29, 1.82) is 0 Å². The van der Waals surface area contributed by atoms with Gasteiger partial charge in [-0.1, -0.05) is 27.5 Å². The summed E-state index contributed by atoms with van der Waals surface area (Å²) >= 11 is 11.3. The number of amides is 1. The van der Waals surface area contributed by atoms with Crippen LogP contribution in [0.2, 0.25) is 5.02 Å². The molecule has 4 rings (SSSR count). The number of rotatable bonds is 3. The highest BCUT2D eigenvalue weighted by molar-refractivity contribution is 9.10. The molecule has 0 spiro atoms. The third-order valence-corrected chi connectivity index (χ3v) is 7.22. The summed E-state index contributed by atoms with van der Waals surface area (Å²) in [6, 6.07) is 5.47. The summed E-state index contributed by atoms with van der Waals surface area (Å²) in [7, 11) is 0. The van der Waals surface area contributed by atoms with Crippen LogP contribution in [0.3, 0.4) is 0 Å². The maximum Gasteiger partial charge on any atom is 0.227 e. The maximum atomic E-state index is 12.7. The summed E-state index contributed by atoms with van der Waals surface area (Å²) in [5.74, 6) is 0.986. The predicted octanol–water partition coefficient (Wildman–Crippen LogP) is 5.58. The molecule has 0 aliphatic carbocycles. The van der Waals surface area contributed by atoms with Gasteiger partial charge in [0.2, 0.25) is 5.91 Å². The molecular formula is C20H20BrClN4OS. The number of halogens is 2. The van der Waals surface area contributed by atoms with Crippen LogP contribution in [-0.2, 0) is 4.79 Å². The Hall–Kier alpha value is -1.70. The topological polar surface area (TPSA) is 58.1 Å². The molecule has 1 amide bonds. The molecule has 28 heavy (non-hydrogen) atoms. The lowest BCUT2D eigenvalue weighted by atomic mass is 9.95. The normalized spacial score (nSPS) is 15.2. The molecule has 1 fully saturated rings. The van der Waals surface area contributed by atoms with E-state index in [0.717, 1.165) is 46.4 Å². The SMILES string of the molecule is Cc1sc2ncnc(N3CCC(C(=O)Nc4ccc(Br)cc4Cl)CC3)c2c1C. The Morgan fingerprint density at radius 2 is 2.04 bits per heavy atom. The number of nitrogens with zero attached hydrogens (tertiary/aromatic N) is 3. The number of thiophene rings is 1. The van der Waals surface area contributed by atoms with E-state index in [1.165, 1.54) is 10.4 Å². The van der Waals surface area contributed by atoms with E-state index >= 15 is 0 Å². The van der Waals surface area contributed by atoms with Crippen molar-refractivity contribution in [3.05, 3.63) is 44.5 Å². The van der Waals surface area contributed by atoms with Crippen molar-refractivity contribution in [2.75, 3.05) is 23.3 Å². The highest BCUT2D eigenvalue weighted by atomic mass is 79.9. The van der Waals surface area contributed by atoms with Crippen LogP contribution in [0.4, 0.5) is 11.5 Å². The van der Waals surface area contributed by atoms with Gasteiger partial charge in [-0.3, -0.25) is 4.79 Å². The van der Waals surface area contributed by atoms with Crippen LogP contribution in [0, 0.1) is 19.8 Å². The molecule has 1 saturated heterocycles. The van der Waals surface area contributed by atoms with E-state index in [1.54, 1.807) is 23.7 Å². The third-order valence-electron chi connectivity index (χ3n) is 5.30. The summed E-state index contributed by atoms with van der Waals surface area (Å²) in [4.78, 5) is 26.3. The van der Waals surface area contributed by atoms with Gasteiger partial charge in [0, 0.05) is 28.4 Å². The summed E-state index contributed by atoms with van der Waals surface area (Å²) in [6.07, 6.45) is 3.21. The van der Waals surface area contributed by atoms with Gasteiger partial charge in [0.25, 0.3) is 0 Å². The Morgan fingerprint density at radius 3 is 2.75 bits per heavy atom. The molecule has 3 aromatic rings. The van der Waals surface area contributed by atoms with E-state index in [-0.39, 0.29) is 11.8 Å². The number of fused-ring (bicyclic) bond motifs is 1. The van der Waals surface area contributed by atoms with E-state index in [4.69, 9.17) is 11.6 Å². The van der Waals surface area contributed by atoms with Crippen molar-refractivity contribution < 1.29 is 4.79 Å². The van der Waals surface area contributed by atoms with Crippen molar-refractivity contribution in [1.82, 2.24) is 9.97 Å². The molecule has 8 heteroatoms. The molecule has 3 heterocycles. The van der Waals surface area contributed by atoms with Gasteiger partial charge in [0.15, 0.2) is 0 Å². The zero-order valence-electron chi connectivity index (χ0n) is 15.6. The first kappa shape index (κ1) is 19.6. The molecule has 0 saturated carbocycles. The van der Waals surface area contributed by atoms with Crippen molar-refractivity contribution >= 4 is 66.5 Å². The van der Waals surface area contributed by atoms with Crippen LogP contribution in [0.15, 0.2) is 29.0 Å². The Labute approximate surface area is 181 Å². The first-order valence-electron chi connectivity index (χ1n) is 9.15. The number of benzene rings is 1. The number of aromatic nitrogens is 2. The molecule has 5 nitrogen and oxygen atoms in total. The van der Waals surface area contributed by atoms with Crippen LogP contribution in [0.5, 0.6) is 0 Å². The molecule has 1 aliphatic rings. The third kappa shape index (κ3) is 3.75. The molecule has 0 radical (unpaired) electrons. The fraction of sp³-hybridized carbons (Fsp3) is 0.350. The van der Waals surface area contributed by atoms with Gasteiger partial charge in [-0.05, 0) is 50.5 Å². The van der Waals surface area contributed by atoms with Crippen LogP contribution < -0.4 is 10.2 Å². The standard InChI is InChI=1S/C20H20BrClN4OS/c1-11-12(2)28-20-17(11)18(23-10-24-20)26-7-5-13(6-8-26)19(27)25-16-4-3-14(21)9-15(16)22/h3-4,9-10,13H,5-8H2,1-2H3,(H,25,27). The van der Waals surface area contributed by atoms with Crippen LogP contribution in [0.1, 0.15) is 23.3 Å². The minimum Gasteiger partial charge on any atom is -0.356 e. The summed E-state index contributed by atoms with van der Waals surface area (Å²) in [6.45, 7) is 5.84. The fourth-order valence-electron chi connectivity index (χ4n) is 3.58. The average Bonchev–Trinajstić information content (AvgIpc) is 2.98. The van der Waals surface area contributed by atoms with E-state index in [0.29, 0.717) is 10.7 Å². The largest absolute Gasteiger partial charge is 0.356 e. The van der Waals surface area contributed by atoms with Gasteiger partial charge in [-0.2, -0.15) is 0 Å². The average molecular weight is 480 g/mol. The molecule has 0 atom stereocenters. The van der Waals surface area contributed by atoms with Crippen molar-refractivity contribution in [3.63, 3.8) is 0 Å². The zero-order chi connectivity index (χ0) is 19.8. The molecule has 1 aromatic carbocycles. The lowest BCUT2D eigenvalue weighted by Gasteiger charge is -2.32. The van der Waals surface area contributed by atoms with Crippen LogP contribution in [-0.4, -0.2) is 29.0 Å². The number of carbonyl (C=O) groups excluding carboxylic acids is 1. The number of nitrogens with one attached hydrogen (secondary N) is 1. The molecule has 146 valence electrons. The van der Waals surface area contributed by atoms with Gasteiger partial charge < -0.3 is 10.2 Å². The Kier molecular flexibility index (Phi) is 5.58. The van der Waals surface area contributed by atoms with Gasteiger partial charge >= 0.3 is 0 Å². The second kappa shape index (κ2) is 7.97. The molecule has 1 N–H and O–H groups in total. The highest BCUT2D eigenvalue weighted by Crippen LogP contribution is 2.36. The number of anilines is 2. The van der Waals surface area contributed by atoms with Crippen molar-refractivity contribution in [2.24, 2.45) is 5.92 Å². The van der Waals surface area contributed by atoms with Gasteiger partial charge in [0.1, 0.15) is 17.0 Å². The van der Waals surface area contributed by atoms with Gasteiger partial charge in [-0.15, -0.1) is 11.3 Å².